The van der Waals surface area contributed by atoms with E-state index in [2.05, 4.69) is 0 Å². The standard InChI is InChI=1S/C18H20O4/c1-14(21-12-15-8-4-2-5-9-15)17(13-22-18(19)20)16-10-6-3-7-11-16/h2-11,14,17H,12-13H2,1H3,(H,19,20). The molecule has 0 saturated heterocycles. The van der Waals surface area contributed by atoms with Crippen molar-refractivity contribution in [3.63, 3.8) is 0 Å². The Morgan fingerprint density at radius 1 is 1.05 bits per heavy atom. The molecular formula is C18H20O4. The van der Waals surface area contributed by atoms with E-state index in [1.54, 1.807) is 0 Å². The number of hydrogen-bond acceptors (Lipinski definition) is 3. The molecule has 0 aliphatic carbocycles. The maximum atomic E-state index is 10.7. The van der Waals surface area contributed by atoms with E-state index in [0.717, 1.165) is 11.1 Å². The Morgan fingerprint density at radius 2 is 1.64 bits per heavy atom. The van der Waals surface area contributed by atoms with Crippen LogP contribution in [0, 0.1) is 0 Å². The van der Waals surface area contributed by atoms with Gasteiger partial charge < -0.3 is 14.6 Å². The van der Waals surface area contributed by atoms with Crippen LogP contribution < -0.4 is 0 Å². The molecule has 1 N–H and O–H groups in total. The number of hydrogen-bond donors (Lipinski definition) is 1. The molecule has 0 radical (unpaired) electrons. The normalized spacial score (nSPS) is 13.3. The van der Waals surface area contributed by atoms with Gasteiger partial charge in [0.25, 0.3) is 0 Å². The molecule has 116 valence electrons. The topological polar surface area (TPSA) is 55.8 Å². The lowest BCUT2D eigenvalue weighted by Gasteiger charge is -2.24. The second-order valence-corrected chi connectivity index (χ2v) is 5.10. The van der Waals surface area contributed by atoms with Gasteiger partial charge in [-0.2, -0.15) is 0 Å². The summed E-state index contributed by atoms with van der Waals surface area (Å²) in [5, 5.41) is 8.74. The van der Waals surface area contributed by atoms with E-state index < -0.39 is 6.16 Å². The molecule has 0 saturated carbocycles. The lowest BCUT2D eigenvalue weighted by atomic mass is 9.95. The van der Waals surface area contributed by atoms with Gasteiger partial charge in [0.2, 0.25) is 0 Å². The van der Waals surface area contributed by atoms with E-state index in [4.69, 9.17) is 14.6 Å². The second-order valence-electron chi connectivity index (χ2n) is 5.10. The van der Waals surface area contributed by atoms with Crippen LogP contribution in [0.4, 0.5) is 4.79 Å². The molecule has 0 aliphatic rings. The van der Waals surface area contributed by atoms with Gasteiger partial charge >= 0.3 is 6.16 Å². The first kappa shape index (κ1) is 16.0. The first-order valence-corrected chi connectivity index (χ1v) is 7.23. The molecular weight excluding hydrogens is 280 g/mol. The highest BCUT2D eigenvalue weighted by Crippen LogP contribution is 2.23. The third kappa shape index (κ3) is 4.90. The molecule has 2 aromatic rings. The van der Waals surface area contributed by atoms with Gasteiger partial charge in [-0.3, -0.25) is 0 Å². The van der Waals surface area contributed by atoms with Crippen molar-refractivity contribution in [2.45, 2.75) is 25.6 Å². The Morgan fingerprint density at radius 3 is 2.23 bits per heavy atom. The molecule has 4 heteroatoms. The highest BCUT2D eigenvalue weighted by atomic mass is 16.7. The van der Waals surface area contributed by atoms with Crippen LogP contribution in [0.15, 0.2) is 60.7 Å². The zero-order chi connectivity index (χ0) is 15.8. The smallest absolute Gasteiger partial charge is 0.450 e. The minimum absolute atomic E-state index is 0.0787. The summed E-state index contributed by atoms with van der Waals surface area (Å²) in [4.78, 5) is 10.7. The van der Waals surface area contributed by atoms with Crippen molar-refractivity contribution in [3.05, 3.63) is 71.8 Å². The summed E-state index contributed by atoms with van der Waals surface area (Å²) >= 11 is 0. The van der Waals surface area contributed by atoms with Crippen molar-refractivity contribution in [2.75, 3.05) is 6.61 Å². The summed E-state index contributed by atoms with van der Waals surface area (Å²) in [6.07, 6.45) is -1.43. The SMILES string of the molecule is CC(OCc1ccccc1)C(COC(=O)O)c1ccccc1. The molecule has 2 atom stereocenters. The monoisotopic (exact) mass is 300 g/mol. The minimum Gasteiger partial charge on any atom is -0.450 e. The van der Waals surface area contributed by atoms with Gasteiger partial charge in [0.05, 0.1) is 12.7 Å². The number of benzene rings is 2. The Hall–Kier alpha value is -2.33. The summed E-state index contributed by atoms with van der Waals surface area (Å²) < 4.78 is 10.7. The minimum atomic E-state index is -1.27. The molecule has 0 bridgehead atoms. The first-order valence-electron chi connectivity index (χ1n) is 7.23. The van der Waals surface area contributed by atoms with Crippen LogP contribution >= 0.6 is 0 Å². The maximum Gasteiger partial charge on any atom is 0.505 e. The molecule has 0 spiro atoms. The van der Waals surface area contributed by atoms with Crippen molar-refractivity contribution in [1.29, 1.82) is 0 Å². The summed E-state index contributed by atoms with van der Waals surface area (Å²) in [6, 6.07) is 19.6. The van der Waals surface area contributed by atoms with E-state index in [0.29, 0.717) is 6.61 Å². The fourth-order valence-corrected chi connectivity index (χ4v) is 2.28. The number of ether oxygens (including phenoxy) is 2. The summed E-state index contributed by atoms with van der Waals surface area (Å²) in [5.74, 6) is -0.138. The summed E-state index contributed by atoms with van der Waals surface area (Å²) in [5.41, 5.74) is 2.09. The fourth-order valence-electron chi connectivity index (χ4n) is 2.28. The van der Waals surface area contributed by atoms with Gasteiger partial charge in [-0.05, 0) is 18.1 Å². The van der Waals surface area contributed by atoms with Crippen LogP contribution in [-0.4, -0.2) is 24.0 Å². The molecule has 0 heterocycles. The van der Waals surface area contributed by atoms with Crippen LogP contribution in [0.3, 0.4) is 0 Å². The predicted molar refractivity (Wildman–Crippen MR) is 83.9 cm³/mol. The van der Waals surface area contributed by atoms with Crippen molar-refractivity contribution in [1.82, 2.24) is 0 Å². The van der Waals surface area contributed by atoms with Crippen molar-refractivity contribution in [3.8, 4) is 0 Å². The summed E-state index contributed by atoms with van der Waals surface area (Å²) in [7, 11) is 0. The number of carboxylic acid groups (broad SMARTS) is 1. The van der Waals surface area contributed by atoms with Crippen LogP contribution in [0.25, 0.3) is 0 Å². The van der Waals surface area contributed by atoms with Gasteiger partial charge in [-0.15, -0.1) is 0 Å². The van der Waals surface area contributed by atoms with Crippen LogP contribution in [0.5, 0.6) is 0 Å². The van der Waals surface area contributed by atoms with E-state index in [1.165, 1.54) is 0 Å². The molecule has 0 aromatic heterocycles. The highest BCUT2D eigenvalue weighted by Gasteiger charge is 2.22. The molecule has 0 fully saturated rings. The van der Waals surface area contributed by atoms with E-state index in [1.807, 2.05) is 67.6 Å². The van der Waals surface area contributed by atoms with E-state index >= 15 is 0 Å². The van der Waals surface area contributed by atoms with Crippen LogP contribution in [0.2, 0.25) is 0 Å². The quantitative estimate of drug-likeness (QED) is 0.783. The average molecular weight is 300 g/mol. The lowest BCUT2D eigenvalue weighted by molar-refractivity contribution is 0.00952. The second kappa shape index (κ2) is 8.20. The first-order chi connectivity index (χ1) is 10.7. The van der Waals surface area contributed by atoms with Crippen molar-refractivity contribution in [2.24, 2.45) is 0 Å². The molecule has 0 amide bonds. The Labute approximate surface area is 130 Å². The molecule has 2 unspecified atom stereocenters. The van der Waals surface area contributed by atoms with Gasteiger partial charge in [-0.25, -0.2) is 4.79 Å². The largest absolute Gasteiger partial charge is 0.505 e. The molecule has 0 aliphatic heterocycles. The predicted octanol–water partition coefficient (Wildman–Crippen LogP) is 4.07. The maximum absolute atomic E-state index is 10.7. The van der Waals surface area contributed by atoms with Crippen LogP contribution in [-0.2, 0) is 16.1 Å². The molecule has 4 nitrogen and oxygen atoms in total. The van der Waals surface area contributed by atoms with Crippen molar-refractivity contribution < 1.29 is 19.4 Å². The third-order valence-electron chi connectivity index (χ3n) is 3.54. The number of carbonyl (C=O) groups is 1. The van der Waals surface area contributed by atoms with Crippen molar-refractivity contribution >= 4 is 6.16 Å². The van der Waals surface area contributed by atoms with E-state index in [-0.39, 0.29) is 18.6 Å². The lowest BCUT2D eigenvalue weighted by Crippen LogP contribution is -2.24. The van der Waals surface area contributed by atoms with Gasteiger partial charge in [-0.1, -0.05) is 60.7 Å². The Kier molecular flexibility index (Phi) is 5.98. The Bertz CT molecular complexity index is 568. The highest BCUT2D eigenvalue weighted by molar-refractivity contribution is 5.56. The molecule has 22 heavy (non-hydrogen) atoms. The van der Waals surface area contributed by atoms with Gasteiger partial charge in [0, 0.05) is 5.92 Å². The summed E-state index contributed by atoms with van der Waals surface area (Å²) in [6.45, 7) is 2.50. The van der Waals surface area contributed by atoms with Gasteiger partial charge in [0.1, 0.15) is 6.61 Å². The van der Waals surface area contributed by atoms with Gasteiger partial charge in [0.15, 0.2) is 0 Å². The zero-order valence-electron chi connectivity index (χ0n) is 12.5. The molecule has 2 aromatic carbocycles. The van der Waals surface area contributed by atoms with E-state index in [9.17, 15) is 4.79 Å². The number of rotatable bonds is 7. The van der Waals surface area contributed by atoms with Crippen LogP contribution in [0.1, 0.15) is 24.0 Å². The molecule has 2 rings (SSSR count). The average Bonchev–Trinajstić information content (AvgIpc) is 2.55. The zero-order valence-corrected chi connectivity index (χ0v) is 12.5. The third-order valence-corrected chi connectivity index (χ3v) is 3.54. The fraction of sp³-hybridized carbons (Fsp3) is 0.278. The Balaban J connectivity index is 2.02.